The number of halogens is 3. The third-order valence-electron chi connectivity index (χ3n) is 6.81. The largest absolute Gasteiger partial charge is 0.457 e. The fourth-order valence-corrected chi connectivity index (χ4v) is 4.74. The summed E-state index contributed by atoms with van der Waals surface area (Å²) in [5.41, 5.74) is -1.11. The van der Waals surface area contributed by atoms with Crippen molar-refractivity contribution in [1.29, 1.82) is 0 Å². The minimum absolute atomic E-state index is 0.243. The first kappa shape index (κ1) is 30.9. The number of aliphatic hydroxyl groups excluding tert-OH is 2. The van der Waals surface area contributed by atoms with Crippen LogP contribution < -0.4 is 0 Å². The molecule has 0 bridgehead atoms. The van der Waals surface area contributed by atoms with Crippen molar-refractivity contribution in [2.24, 2.45) is 17.3 Å². The molecular formula is C27H36F3NO5S. The molecule has 2 rings (SSSR count). The summed E-state index contributed by atoms with van der Waals surface area (Å²) in [6, 6.07) is 0. The minimum atomic E-state index is -4.61. The SMILES string of the molecule is C/C(=C\c1csc(C)n1)C1C/C=C(/C(F)(F)F)C/C=C/C(C)C(O)C(C)C(=O)C(C)(C)[C@@H](O)CC(=O)O1. The van der Waals surface area contributed by atoms with Crippen LogP contribution in [0.15, 0.2) is 34.8 Å². The van der Waals surface area contributed by atoms with Crippen LogP contribution in [0.1, 0.15) is 64.6 Å². The Morgan fingerprint density at radius 3 is 2.46 bits per heavy atom. The Hall–Kier alpha value is -2.30. The Bertz CT molecular complexity index is 1060. The van der Waals surface area contributed by atoms with E-state index in [4.69, 9.17) is 4.74 Å². The van der Waals surface area contributed by atoms with Gasteiger partial charge in [0.2, 0.25) is 0 Å². The van der Waals surface area contributed by atoms with Gasteiger partial charge in [0.05, 0.1) is 34.7 Å². The van der Waals surface area contributed by atoms with Gasteiger partial charge >= 0.3 is 12.1 Å². The van der Waals surface area contributed by atoms with Crippen molar-refractivity contribution < 1.29 is 37.7 Å². The van der Waals surface area contributed by atoms with Crippen LogP contribution in [0.3, 0.4) is 0 Å². The standard InChI is InChI=1S/C27H36F3NO5S/c1-15-8-7-9-19(27(28,29)30)10-11-21(16(2)12-20-14-37-18(4)31-20)36-23(33)13-22(32)26(5,6)25(35)17(3)24(15)34/h7-8,10,12,14-15,17,21-22,24,32,34H,9,11,13H2,1-6H3/b8-7+,16-12+,19-10+/t15?,17?,21?,22-,24?/m0/s1. The summed E-state index contributed by atoms with van der Waals surface area (Å²) in [6.45, 7) is 9.55. The Morgan fingerprint density at radius 2 is 1.89 bits per heavy atom. The molecule has 6 nitrogen and oxygen atoms in total. The van der Waals surface area contributed by atoms with Gasteiger partial charge in [-0.3, -0.25) is 9.59 Å². The molecule has 0 amide bonds. The lowest BCUT2D eigenvalue weighted by Crippen LogP contribution is -2.45. The van der Waals surface area contributed by atoms with Gasteiger partial charge in [0.15, 0.2) is 0 Å². The van der Waals surface area contributed by atoms with E-state index in [-0.39, 0.29) is 6.42 Å². The van der Waals surface area contributed by atoms with Crippen LogP contribution >= 0.6 is 11.3 Å². The number of aliphatic hydroxyl groups is 2. The van der Waals surface area contributed by atoms with Gasteiger partial charge in [-0.25, -0.2) is 4.98 Å². The van der Waals surface area contributed by atoms with E-state index in [1.165, 1.54) is 44.3 Å². The van der Waals surface area contributed by atoms with Crippen LogP contribution in [0.25, 0.3) is 6.08 Å². The molecule has 10 heteroatoms. The maximum absolute atomic E-state index is 13.8. The molecule has 2 heterocycles. The van der Waals surface area contributed by atoms with Crippen LogP contribution in [0.4, 0.5) is 13.2 Å². The molecule has 0 saturated carbocycles. The summed E-state index contributed by atoms with van der Waals surface area (Å²) < 4.78 is 46.8. The van der Waals surface area contributed by atoms with E-state index in [2.05, 4.69) is 4.98 Å². The highest BCUT2D eigenvalue weighted by molar-refractivity contribution is 7.09. The Kier molecular flexibility index (Phi) is 10.4. The highest BCUT2D eigenvalue weighted by Gasteiger charge is 2.42. The first-order valence-electron chi connectivity index (χ1n) is 12.2. The van der Waals surface area contributed by atoms with Gasteiger partial charge in [-0.1, -0.05) is 45.9 Å². The maximum Gasteiger partial charge on any atom is 0.412 e. The molecule has 0 aromatic carbocycles. The number of rotatable bonds is 2. The third kappa shape index (κ3) is 8.35. The van der Waals surface area contributed by atoms with Gasteiger partial charge in [-0.15, -0.1) is 11.3 Å². The summed E-state index contributed by atoms with van der Waals surface area (Å²) in [5, 5.41) is 24.0. The molecule has 0 radical (unpaired) electrons. The number of ether oxygens (including phenoxy) is 1. The number of alkyl halides is 3. The van der Waals surface area contributed by atoms with E-state index >= 15 is 0 Å². The number of cyclic esters (lactones) is 1. The first-order valence-corrected chi connectivity index (χ1v) is 13.0. The summed E-state index contributed by atoms with van der Waals surface area (Å²) in [4.78, 5) is 30.2. The molecule has 2 N–H and O–H groups in total. The predicted octanol–water partition coefficient (Wildman–Crippen LogP) is 5.58. The quantitative estimate of drug-likeness (QED) is 0.373. The zero-order valence-electron chi connectivity index (χ0n) is 22.0. The number of hydrogen-bond donors (Lipinski definition) is 2. The maximum atomic E-state index is 13.8. The summed E-state index contributed by atoms with van der Waals surface area (Å²) in [6.07, 6.45) is -4.04. The number of thiazole rings is 1. The van der Waals surface area contributed by atoms with Crippen LogP contribution in [0.5, 0.6) is 0 Å². The number of esters is 1. The second kappa shape index (κ2) is 12.5. The van der Waals surface area contributed by atoms with Crippen molar-refractivity contribution in [3.05, 3.63) is 45.5 Å². The molecule has 1 aromatic rings. The van der Waals surface area contributed by atoms with Crippen molar-refractivity contribution in [2.45, 2.75) is 85.3 Å². The number of aromatic nitrogens is 1. The number of hydrogen-bond acceptors (Lipinski definition) is 7. The summed E-state index contributed by atoms with van der Waals surface area (Å²) in [5.74, 6) is -2.85. The Balaban J connectivity index is 2.50. The summed E-state index contributed by atoms with van der Waals surface area (Å²) in [7, 11) is 0. The third-order valence-corrected chi connectivity index (χ3v) is 7.60. The van der Waals surface area contributed by atoms with E-state index in [9.17, 15) is 33.0 Å². The van der Waals surface area contributed by atoms with Crippen LogP contribution in [0, 0.1) is 24.2 Å². The molecular weight excluding hydrogens is 507 g/mol. The van der Waals surface area contributed by atoms with E-state index in [1.54, 1.807) is 25.3 Å². The number of nitrogens with zero attached hydrogens (tertiary/aromatic N) is 1. The zero-order valence-corrected chi connectivity index (χ0v) is 22.8. The molecule has 0 spiro atoms. The van der Waals surface area contributed by atoms with Crippen LogP contribution in [-0.2, 0) is 14.3 Å². The second-order valence-corrected chi connectivity index (χ2v) is 11.3. The number of allylic oxidation sites excluding steroid dienone is 2. The van der Waals surface area contributed by atoms with Crippen molar-refractivity contribution in [2.75, 3.05) is 0 Å². The molecule has 1 aliphatic heterocycles. The van der Waals surface area contributed by atoms with Crippen molar-refractivity contribution in [3.63, 3.8) is 0 Å². The molecule has 0 fully saturated rings. The van der Waals surface area contributed by atoms with Gasteiger partial charge in [0.25, 0.3) is 0 Å². The fourth-order valence-electron chi connectivity index (χ4n) is 4.17. The topological polar surface area (TPSA) is 96.7 Å². The minimum Gasteiger partial charge on any atom is -0.457 e. The molecule has 5 atom stereocenters. The van der Waals surface area contributed by atoms with Gasteiger partial charge in [-0.2, -0.15) is 13.2 Å². The zero-order chi connectivity index (χ0) is 28.1. The number of ketones is 1. The summed E-state index contributed by atoms with van der Waals surface area (Å²) >= 11 is 1.41. The highest BCUT2D eigenvalue weighted by atomic mass is 32.1. The lowest BCUT2D eigenvalue weighted by molar-refractivity contribution is -0.154. The Labute approximate surface area is 219 Å². The highest BCUT2D eigenvalue weighted by Crippen LogP contribution is 2.33. The van der Waals surface area contributed by atoms with Crippen LogP contribution in [-0.4, -0.2) is 51.4 Å². The van der Waals surface area contributed by atoms with Crippen molar-refractivity contribution in [1.82, 2.24) is 4.98 Å². The molecule has 4 unspecified atom stereocenters. The molecule has 0 saturated heterocycles. The van der Waals surface area contributed by atoms with E-state index in [1.807, 2.05) is 6.92 Å². The monoisotopic (exact) mass is 543 g/mol. The lowest BCUT2D eigenvalue weighted by Gasteiger charge is -2.34. The van der Waals surface area contributed by atoms with Crippen molar-refractivity contribution >= 4 is 29.2 Å². The molecule has 1 aromatic heterocycles. The number of carbonyl (C=O) groups excluding carboxylic acids is 2. The van der Waals surface area contributed by atoms with Crippen LogP contribution in [0.2, 0.25) is 0 Å². The normalized spacial score (nSPS) is 31.4. The van der Waals surface area contributed by atoms with Gasteiger partial charge in [0, 0.05) is 29.2 Å². The van der Waals surface area contributed by atoms with Crippen molar-refractivity contribution in [3.8, 4) is 0 Å². The number of Topliss-reactive ketones (excluding diaryl/α,β-unsaturated/α-hetero) is 1. The van der Waals surface area contributed by atoms with E-state index in [0.717, 1.165) is 11.1 Å². The number of aryl methyl sites for hydroxylation is 1. The lowest BCUT2D eigenvalue weighted by atomic mass is 9.73. The smallest absolute Gasteiger partial charge is 0.412 e. The molecule has 37 heavy (non-hydrogen) atoms. The molecule has 206 valence electrons. The second-order valence-electron chi connectivity index (χ2n) is 10.2. The van der Waals surface area contributed by atoms with Gasteiger partial charge in [-0.05, 0) is 31.9 Å². The van der Waals surface area contributed by atoms with E-state index in [0.29, 0.717) is 11.3 Å². The molecule has 0 aliphatic carbocycles. The first-order chi connectivity index (χ1) is 17.0. The molecule has 1 aliphatic rings. The average molecular weight is 544 g/mol. The van der Waals surface area contributed by atoms with Gasteiger partial charge < -0.3 is 14.9 Å². The number of carbonyl (C=O) groups is 2. The van der Waals surface area contributed by atoms with Gasteiger partial charge in [0.1, 0.15) is 11.9 Å². The average Bonchev–Trinajstić information content (AvgIpc) is 3.21. The fraction of sp³-hybridized carbons (Fsp3) is 0.593. The Morgan fingerprint density at radius 1 is 1.24 bits per heavy atom. The predicted molar refractivity (Wildman–Crippen MR) is 137 cm³/mol. The van der Waals surface area contributed by atoms with E-state index < -0.39 is 71.9 Å².